The van der Waals surface area contributed by atoms with Gasteiger partial charge in [-0.25, -0.2) is 0 Å². The molecule has 4 aromatic rings. The lowest BCUT2D eigenvalue weighted by Gasteiger charge is -2.07. The Morgan fingerprint density at radius 3 is 2.00 bits per heavy atom. The standard InChI is InChI=1S/C22H19N/c1-2-6-22-16-20(11-12-21(22)5-1)15-18-7-9-19(10-8-18)17-23-13-3-4-14-23/h1-14,16H,15,17H2. The van der Waals surface area contributed by atoms with Crippen LogP contribution in [0.4, 0.5) is 0 Å². The Labute approximate surface area is 136 Å². The lowest BCUT2D eigenvalue weighted by atomic mass is 10.0. The second-order valence-corrected chi connectivity index (χ2v) is 6.03. The molecule has 1 heterocycles. The van der Waals surface area contributed by atoms with Gasteiger partial charge in [0.05, 0.1) is 0 Å². The van der Waals surface area contributed by atoms with Crippen molar-refractivity contribution in [1.29, 1.82) is 0 Å². The summed E-state index contributed by atoms with van der Waals surface area (Å²) < 4.78 is 2.19. The monoisotopic (exact) mass is 297 g/mol. The SMILES string of the molecule is c1ccc2cc(Cc3ccc(Cn4cccc4)cc3)ccc2c1. The van der Waals surface area contributed by atoms with E-state index in [0.717, 1.165) is 13.0 Å². The summed E-state index contributed by atoms with van der Waals surface area (Å²) in [4.78, 5) is 0. The van der Waals surface area contributed by atoms with Crippen LogP contribution < -0.4 is 0 Å². The third-order valence-corrected chi connectivity index (χ3v) is 4.28. The predicted octanol–water partition coefficient (Wildman–Crippen LogP) is 5.28. The van der Waals surface area contributed by atoms with Crippen LogP contribution in [0.5, 0.6) is 0 Å². The van der Waals surface area contributed by atoms with Crippen molar-refractivity contribution in [2.75, 3.05) is 0 Å². The van der Waals surface area contributed by atoms with E-state index in [4.69, 9.17) is 0 Å². The average Bonchev–Trinajstić information content (AvgIpc) is 3.10. The van der Waals surface area contributed by atoms with E-state index in [9.17, 15) is 0 Å². The van der Waals surface area contributed by atoms with Gasteiger partial charge < -0.3 is 4.57 Å². The molecule has 0 atom stereocenters. The lowest BCUT2D eigenvalue weighted by Crippen LogP contribution is -1.96. The molecule has 0 bridgehead atoms. The molecule has 0 amide bonds. The molecular weight excluding hydrogens is 278 g/mol. The van der Waals surface area contributed by atoms with Crippen molar-refractivity contribution in [1.82, 2.24) is 4.57 Å². The zero-order chi connectivity index (χ0) is 15.5. The third kappa shape index (κ3) is 3.19. The molecular formula is C22H19N. The van der Waals surface area contributed by atoms with Gasteiger partial charge in [-0.05, 0) is 46.0 Å². The molecule has 0 spiro atoms. The Hall–Kier alpha value is -2.80. The zero-order valence-corrected chi connectivity index (χ0v) is 13.0. The summed E-state index contributed by atoms with van der Waals surface area (Å²) in [6.45, 7) is 0.934. The summed E-state index contributed by atoms with van der Waals surface area (Å²) in [7, 11) is 0. The topological polar surface area (TPSA) is 4.93 Å². The average molecular weight is 297 g/mol. The number of rotatable bonds is 4. The highest BCUT2D eigenvalue weighted by molar-refractivity contribution is 5.83. The molecule has 1 nitrogen and oxygen atoms in total. The van der Waals surface area contributed by atoms with Gasteiger partial charge in [0.2, 0.25) is 0 Å². The Kier molecular flexibility index (Phi) is 3.69. The van der Waals surface area contributed by atoms with E-state index in [1.807, 2.05) is 0 Å². The quantitative estimate of drug-likeness (QED) is 0.483. The summed E-state index contributed by atoms with van der Waals surface area (Å²) in [5.74, 6) is 0. The highest BCUT2D eigenvalue weighted by atomic mass is 14.9. The van der Waals surface area contributed by atoms with Crippen LogP contribution in [-0.4, -0.2) is 4.57 Å². The number of benzene rings is 3. The van der Waals surface area contributed by atoms with E-state index in [-0.39, 0.29) is 0 Å². The summed E-state index contributed by atoms with van der Waals surface area (Å²) in [6.07, 6.45) is 5.18. The van der Waals surface area contributed by atoms with Crippen LogP contribution >= 0.6 is 0 Å². The largest absolute Gasteiger partial charge is 0.350 e. The van der Waals surface area contributed by atoms with Crippen molar-refractivity contribution in [3.8, 4) is 0 Å². The van der Waals surface area contributed by atoms with Crippen molar-refractivity contribution < 1.29 is 0 Å². The van der Waals surface area contributed by atoms with E-state index in [0.29, 0.717) is 0 Å². The molecule has 0 radical (unpaired) electrons. The van der Waals surface area contributed by atoms with Gasteiger partial charge in [0.1, 0.15) is 0 Å². The first-order chi connectivity index (χ1) is 11.4. The normalized spacial score (nSPS) is 11.0. The van der Waals surface area contributed by atoms with Crippen molar-refractivity contribution in [3.63, 3.8) is 0 Å². The Morgan fingerprint density at radius 1 is 0.565 bits per heavy atom. The molecule has 0 N–H and O–H groups in total. The van der Waals surface area contributed by atoms with Gasteiger partial charge in [-0.1, -0.05) is 66.7 Å². The van der Waals surface area contributed by atoms with Crippen molar-refractivity contribution in [2.45, 2.75) is 13.0 Å². The first kappa shape index (κ1) is 13.8. The number of aromatic nitrogens is 1. The second kappa shape index (κ2) is 6.13. The summed E-state index contributed by atoms with van der Waals surface area (Å²) in [5.41, 5.74) is 4.06. The smallest absolute Gasteiger partial charge is 0.0470 e. The maximum Gasteiger partial charge on any atom is 0.0470 e. The van der Waals surface area contributed by atoms with Gasteiger partial charge in [-0.3, -0.25) is 0 Å². The lowest BCUT2D eigenvalue weighted by molar-refractivity contribution is 0.805. The zero-order valence-electron chi connectivity index (χ0n) is 13.0. The number of hydrogen-bond donors (Lipinski definition) is 0. The second-order valence-electron chi connectivity index (χ2n) is 6.03. The van der Waals surface area contributed by atoms with Gasteiger partial charge in [0.15, 0.2) is 0 Å². The molecule has 1 aromatic heterocycles. The van der Waals surface area contributed by atoms with Gasteiger partial charge in [-0.15, -0.1) is 0 Å². The fourth-order valence-electron chi connectivity index (χ4n) is 3.03. The molecule has 0 aliphatic heterocycles. The van der Waals surface area contributed by atoms with Crippen LogP contribution in [0.1, 0.15) is 16.7 Å². The molecule has 1 heteroatoms. The third-order valence-electron chi connectivity index (χ3n) is 4.28. The van der Waals surface area contributed by atoms with E-state index in [1.54, 1.807) is 0 Å². The summed E-state index contributed by atoms with van der Waals surface area (Å²) in [5, 5.41) is 2.62. The minimum absolute atomic E-state index is 0.934. The first-order valence-corrected chi connectivity index (χ1v) is 8.03. The molecule has 4 rings (SSSR count). The van der Waals surface area contributed by atoms with Crippen LogP contribution in [-0.2, 0) is 13.0 Å². The maximum atomic E-state index is 2.29. The van der Waals surface area contributed by atoms with Gasteiger partial charge in [0, 0.05) is 18.9 Å². The van der Waals surface area contributed by atoms with E-state index >= 15 is 0 Å². The fraction of sp³-hybridized carbons (Fsp3) is 0.0909. The Bertz CT molecular complexity index is 902. The molecule has 112 valence electrons. The van der Waals surface area contributed by atoms with E-state index < -0.39 is 0 Å². The Balaban J connectivity index is 1.51. The van der Waals surface area contributed by atoms with Crippen LogP contribution in [0.3, 0.4) is 0 Å². The van der Waals surface area contributed by atoms with Crippen LogP contribution in [0.15, 0.2) is 91.3 Å². The molecule has 0 saturated carbocycles. The number of hydrogen-bond acceptors (Lipinski definition) is 0. The molecule has 3 aromatic carbocycles. The number of fused-ring (bicyclic) bond motifs is 1. The van der Waals surface area contributed by atoms with Gasteiger partial charge in [-0.2, -0.15) is 0 Å². The van der Waals surface area contributed by atoms with Crippen LogP contribution in [0.2, 0.25) is 0 Å². The van der Waals surface area contributed by atoms with Gasteiger partial charge in [0.25, 0.3) is 0 Å². The van der Waals surface area contributed by atoms with E-state index in [2.05, 4.69) is 95.8 Å². The fourth-order valence-corrected chi connectivity index (χ4v) is 3.03. The molecule has 0 fully saturated rings. The molecule has 0 aliphatic rings. The van der Waals surface area contributed by atoms with Crippen molar-refractivity contribution in [2.24, 2.45) is 0 Å². The highest BCUT2D eigenvalue weighted by Crippen LogP contribution is 2.18. The molecule has 0 saturated heterocycles. The molecule has 0 aliphatic carbocycles. The maximum absolute atomic E-state index is 2.29. The van der Waals surface area contributed by atoms with Crippen molar-refractivity contribution in [3.05, 3.63) is 108 Å². The molecule has 0 unspecified atom stereocenters. The predicted molar refractivity (Wildman–Crippen MR) is 96.7 cm³/mol. The molecule has 23 heavy (non-hydrogen) atoms. The Morgan fingerprint density at radius 2 is 1.22 bits per heavy atom. The number of nitrogens with zero attached hydrogens (tertiary/aromatic N) is 1. The highest BCUT2D eigenvalue weighted by Gasteiger charge is 2.00. The first-order valence-electron chi connectivity index (χ1n) is 8.03. The minimum Gasteiger partial charge on any atom is -0.350 e. The summed E-state index contributed by atoms with van der Waals surface area (Å²) >= 11 is 0. The van der Waals surface area contributed by atoms with Crippen LogP contribution in [0, 0.1) is 0 Å². The minimum atomic E-state index is 0.934. The van der Waals surface area contributed by atoms with E-state index in [1.165, 1.54) is 27.5 Å². The van der Waals surface area contributed by atoms with Crippen molar-refractivity contribution >= 4 is 10.8 Å². The van der Waals surface area contributed by atoms with Crippen LogP contribution in [0.25, 0.3) is 10.8 Å². The van der Waals surface area contributed by atoms with Gasteiger partial charge >= 0.3 is 0 Å². The summed E-state index contributed by atoms with van der Waals surface area (Å²) in [6, 6.07) is 28.4.